The van der Waals surface area contributed by atoms with Crippen molar-refractivity contribution in [1.82, 2.24) is 15.2 Å². The van der Waals surface area contributed by atoms with Crippen LogP contribution >= 0.6 is 23.4 Å². The van der Waals surface area contributed by atoms with Gasteiger partial charge in [-0.15, -0.1) is 0 Å². The Kier molecular flexibility index (Phi) is 7.84. The number of rotatable bonds is 7. The number of carbonyl (C=O) groups excluding carboxylic acids is 1. The van der Waals surface area contributed by atoms with E-state index < -0.39 is 0 Å². The smallest absolute Gasteiger partial charge is 0.252 e. The number of halogens is 1. The molecule has 1 aromatic heterocycles. The molecule has 6 heteroatoms. The van der Waals surface area contributed by atoms with Crippen molar-refractivity contribution >= 4 is 40.2 Å². The molecule has 2 heterocycles. The van der Waals surface area contributed by atoms with E-state index in [1.807, 2.05) is 54.6 Å². The molecule has 3 aromatic rings. The number of carbonyl (C=O) groups is 1. The third-order valence-corrected chi connectivity index (χ3v) is 6.79. The number of nitrogens with zero attached hydrogens (tertiary/aromatic N) is 2. The Morgan fingerprint density at radius 3 is 2.55 bits per heavy atom. The molecule has 1 aliphatic heterocycles. The van der Waals surface area contributed by atoms with Gasteiger partial charge in [0, 0.05) is 21.8 Å². The summed E-state index contributed by atoms with van der Waals surface area (Å²) >= 11 is 7.53. The number of hydrogen-bond acceptors (Lipinski definition) is 4. The summed E-state index contributed by atoms with van der Waals surface area (Å²) in [7, 11) is 0. The highest BCUT2D eigenvalue weighted by atomic mass is 35.5. The Morgan fingerprint density at radius 2 is 1.77 bits per heavy atom. The number of hydrogen-bond donors (Lipinski definition) is 1. The molecule has 162 valence electrons. The van der Waals surface area contributed by atoms with Crippen LogP contribution in [-0.2, 0) is 0 Å². The lowest BCUT2D eigenvalue weighted by Crippen LogP contribution is -2.30. The van der Waals surface area contributed by atoms with Gasteiger partial charge < -0.3 is 10.2 Å². The first kappa shape index (κ1) is 22.1. The van der Waals surface area contributed by atoms with Crippen molar-refractivity contribution in [2.24, 2.45) is 0 Å². The lowest BCUT2D eigenvalue weighted by atomic mass is 10.1. The zero-order valence-corrected chi connectivity index (χ0v) is 19.2. The van der Waals surface area contributed by atoms with Crippen molar-refractivity contribution < 1.29 is 4.79 Å². The Bertz CT molecular complexity index is 1020. The summed E-state index contributed by atoms with van der Waals surface area (Å²) in [4.78, 5) is 21.3. The van der Waals surface area contributed by atoms with E-state index in [4.69, 9.17) is 16.6 Å². The lowest BCUT2D eigenvalue weighted by Gasteiger charge is -2.19. The van der Waals surface area contributed by atoms with Gasteiger partial charge in [-0.3, -0.25) is 4.79 Å². The zero-order valence-electron chi connectivity index (χ0n) is 17.6. The van der Waals surface area contributed by atoms with Crippen LogP contribution in [0.2, 0.25) is 5.02 Å². The van der Waals surface area contributed by atoms with Crippen LogP contribution < -0.4 is 5.32 Å². The minimum Gasteiger partial charge on any atom is -0.352 e. The van der Waals surface area contributed by atoms with Gasteiger partial charge in [0.25, 0.3) is 5.91 Å². The maximum atomic E-state index is 13.0. The first-order valence-corrected chi connectivity index (χ1v) is 12.2. The Labute approximate surface area is 193 Å². The summed E-state index contributed by atoms with van der Waals surface area (Å²) in [5.41, 5.74) is 1.51. The van der Waals surface area contributed by atoms with Gasteiger partial charge in [-0.05, 0) is 75.3 Å². The van der Waals surface area contributed by atoms with Gasteiger partial charge in [-0.25, -0.2) is 4.98 Å². The average molecular weight is 454 g/mol. The predicted octanol–water partition coefficient (Wildman–Crippen LogP) is 6.04. The van der Waals surface area contributed by atoms with Crippen LogP contribution in [-0.4, -0.2) is 42.0 Å². The molecule has 4 rings (SSSR count). The molecule has 1 saturated heterocycles. The molecule has 2 aromatic carbocycles. The molecule has 0 radical (unpaired) electrons. The average Bonchev–Trinajstić information content (AvgIpc) is 3.06. The van der Waals surface area contributed by atoms with Crippen molar-refractivity contribution in [1.29, 1.82) is 0 Å². The Hall–Kier alpha value is -2.08. The number of pyridine rings is 1. The van der Waals surface area contributed by atoms with Crippen molar-refractivity contribution in [3.8, 4) is 0 Å². The van der Waals surface area contributed by atoms with E-state index >= 15 is 0 Å². The number of para-hydroxylation sites is 1. The van der Waals surface area contributed by atoms with Gasteiger partial charge >= 0.3 is 0 Å². The molecule has 0 bridgehead atoms. The highest BCUT2D eigenvalue weighted by molar-refractivity contribution is 7.99. The Morgan fingerprint density at radius 1 is 1.03 bits per heavy atom. The minimum absolute atomic E-state index is 0.0348. The summed E-state index contributed by atoms with van der Waals surface area (Å²) in [6.07, 6.45) is 6.26. The second-order valence-electron chi connectivity index (χ2n) is 7.95. The fraction of sp³-hybridized carbons (Fsp3) is 0.360. The topological polar surface area (TPSA) is 45.2 Å². The molecular formula is C25H28ClN3OS. The van der Waals surface area contributed by atoms with Gasteiger partial charge in [0.2, 0.25) is 0 Å². The highest BCUT2D eigenvalue weighted by Crippen LogP contribution is 2.30. The summed E-state index contributed by atoms with van der Waals surface area (Å²) in [5, 5.41) is 5.51. The molecule has 1 aliphatic rings. The number of fused-ring (bicyclic) bond motifs is 1. The lowest BCUT2D eigenvalue weighted by molar-refractivity contribution is 0.0953. The molecule has 0 atom stereocenters. The number of aromatic nitrogens is 1. The fourth-order valence-electron chi connectivity index (χ4n) is 3.97. The molecule has 1 N–H and O–H groups in total. The first-order chi connectivity index (χ1) is 15.2. The van der Waals surface area contributed by atoms with E-state index in [0.717, 1.165) is 33.8 Å². The molecule has 1 amide bonds. The monoisotopic (exact) mass is 453 g/mol. The van der Waals surface area contributed by atoms with Gasteiger partial charge in [-0.1, -0.05) is 54.4 Å². The van der Waals surface area contributed by atoms with Gasteiger partial charge in [0.15, 0.2) is 0 Å². The summed E-state index contributed by atoms with van der Waals surface area (Å²) in [5.74, 6) is -0.0348. The first-order valence-electron chi connectivity index (χ1n) is 11.0. The van der Waals surface area contributed by atoms with E-state index in [1.54, 1.807) is 0 Å². The van der Waals surface area contributed by atoms with Crippen molar-refractivity contribution in [2.45, 2.75) is 42.0 Å². The third-order valence-electron chi connectivity index (χ3n) is 5.61. The fourth-order valence-corrected chi connectivity index (χ4v) is 4.93. The van der Waals surface area contributed by atoms with E-state index in [9.17, 15) is 4.79 Å². The molecule has 0 saturated carbocycles. The number of benzene rings is 2. The summed E-state index contributed by atoms with van der Waals surface area (Å²) in [6.45, 7) is 4.11. The normalized spacial score (nSPS) is 15.0. The second-order valence-corrected chi connectivity index (χ2v) is 9.48. The van der Waals surface area contributed by atoms with Crippen LogP contribution in [0, 0.1) is 0 Å². The molecule has 0 spiro atoms. The largest absolute Gasteiger partial charge is 0.352 e. The molecule has 1 fully saturated rings. The van der Waals surface area contributed by atoms with Crippen LogP contribution in [0.5, 0.6) is 0 Å². The second kappa shape index (κ2) is 11.0. The van der Waals surface area contributed by atoms with Crippen molar-refractivity contribution in [3.05, 3.63) is 65.2 Å². The molecular weight excluding hydrogens is 426 g/mol. The number of likely N-dealkylation sites (tertiary alicyclic amines) is 1. The maximum Gasteiger partial charge on any atom is 0.252 e. The quantitative estimate of drug-likeness (QED) is 0.443. The number of nitrogens with one attached hydrogen (secondary N) is 1. The summed E-state index contributed by atoms with van der Waals surface area (Å²) < 4.78 is 0. The maximum absolute atomic E-state index is 13.0. The SMILES string of the molecule is O=C(NCCCN1CCCCCC1)c1cc(Sc2ccc(Cl)cc2)nc2ccccc12. The zero-order chi connectivity index (χ0) is 21.5. The van der Waals surface area contributed by atoms with E-state index in [2.05, 4.69) is 10.2 Å². The van der Waals surface area contributed by atoms with Crippen LogP contribution in [0.1, 0.15) is 42.5 Å². The van der Waals surface area contributed by atoms with E-state index in [0.29, 0.717) is 17.1 Å². The standard InChI is InChI=1S/C25H28ClN3OS/c26-19-10-12-20(13-11-19)31-24-18-22(21-8-3-4-9-23(21)28-24)25(30)27-14-7-17-29-15-5-1-2-6-16-29/h3-4,8-13,18H,1-2,5-7,14-17H2,(H,27,30). The van der Waals surface area contributed by atoms with Crippen molar-refractivity contribution in [3.63, 3.8) is 0 Å². The van der Waals surface area contributed by atoms with Crippen LogP contribution in [0.15, 0.2) is 64.5 Å². The molecule has 0 unspecified atom stereocenters. The summed E-state index contributed by atoms with van der Waals surface area (Å²) in [6, 6.07) is 17.4. The van der Waals surface area contributed by atoms with Crippen molar-refractivity contribution in [2.75, 3.05) is 26.2 Å². The van der Waals surface area contributed by atoms with Crippen LogP contribution in [0.4, 0.5) is 0 Å². The number of amides is 1. The molecule has 4 nitrogen and oxygen atoms in total. The predicted molar refractivity (Wildman–Crippen MR) is 129 cm³/mol. The third kappa shape index (κ3) is 6.22. The van der Waals surface area contributed by atoms with E-state index in [-0.39, 0.29) is 5.91 Å². The van der Waals surface area contributed by atoms with Gasteiger partial charge in [0.1, 0.15) is 5.03 Å². The molecule has 31 heavy (non-hydrogen) atoms. The van der Waals surface area contributed by atoms with E-state index in [1.165, 1.54) is 50.5 Å². The van der Waals surface area contributed by atoms with Crippen LogP contribution in [0.3, 0.4) is 0 Å². The van der Waals surface area contributed by atoms with Gasteiger partial charge in [-0.2, -0.15) is 0 Å². The highest BCUT2D eigenvalue weighted by Gasteiger charge is 2.14. The minimum atomic E-state index is -0.0348. The van der Waals surface area contributed by atoms with Gasteiger partial charge in [0.05, 0.1) is 11.1 Å². The Balaban J connectivity index is 1.43. The van der Waals surface area contributed by atoms with Crippen LogP contribution in [0.25, 0.3) is 10.9 Å². The molecule has 0 aliphatic carbocycles.